The number of pyridine rings is 1. The van der Waals surface area contributed by atoms with Gasteiger partial charge in [0.1, 0.15) is 11.5 Å². The first-order valence-corrected chi connectivity index (χ1v) is 7.85. The van der Waals surface area contributed by atoms with E-state index in [1.807, 2.05) is 10.6 Å². The lowest BCUT2D eigenvalue weighted by atomic mass is 10.0. The van der Waals surface area contributed by atoms with Crippen LogP contribution in [0.15, 0.2) is 36.9 Å². The zero-order valence-electron chi connectivity index (χ0n) is 13.2. The number of carbonyl (C=O) groups is 2. The van der Waals surface area contributed by atoms with E-state index in [0.717, 1.165) is 5.39 Å². The molecule has 0 aliphatic carbocycles. The zero-order chi connectivity index (χ0) is 17.4. The summed E-state index contributed by atoms with van der Waals surface area (Å²) in [5, 5.41) is 12.2. The van der Waals surface area contributed by atoms with Gasteiger partial charge in [-0.05, 0) is 18.6 Å². The second-order valence-corrected chi connectivity index (χ2v) is 5.66. The highest BCUT2D eigenvalue weighted by molar-refractivity contribution is 6.49. The SMILES string of the molecule is O=C1NC(=O)C(c2cn(CCCO)c3ncccc23)=C1c1ncc[nH]1. The Balaban J connectivity index is 1.96. The minimum atomic E-state index is -0.477. The largest absolute Gasteiger partial charge is 0.396 e. The molecule has 0 spiro atoms. The third-order valence-electron chi connectivity index (χ3n) is 4.13. The first-order chi connectivity index (χ1) is 12.2. The van der Waals surface area contributed by atoms with Gasteiger partial charge in [0.25, 0.3) is 11.8 Å². The predicted molar refractivity (Wildman–Crippen MR) is 90.0 cm³/mol. The Morgan fingerprint density at radius 2 is 1.96 bits per heavy atom. The highest BCUT2D eigenvalue weighted by Gasteiger charge is 2.35. The molecule has 0 radical (unpaired) electrons. The van der Waals surface area contributed by atoms with Gasteiger partial charge in [-0.3, -0.25) is 14.9 Å². The lowest BCUT2D eigenvalue weighted by Gasteiger charge is -2.01. The molecule has 1 aliphatic heterocycles. The van der Waals surface area contributed by atoms with Crippen molar-refractivity contribution in [3.8, 4) is 0 Å². The van der Waals surface area contributed by atoms with Crippen molar-refractivity contribution >= 4 is 34.0 Å². The van der Waals surface area contributed by atoms with Crippen LogP contribution in [-0.4, -0.2) is 43.0 Å². The fraction of sp³-hybridized carbons (Fsp3) is 0.176. The first kappa shape index (κ1) is 15.3. The Hall–Kier alpha value is -3.26. The first-order valence-electron chi connectivity index (χ1n) is 7.85. The standard InChI is InChI=1S/C17H15N5O3/c23-8-2-7-22-9-11(10-3-1-4-20-15(10)22)12-13(14-18-5-6-19-14)17(25)21-16(12)24/h1,3-6,9,23H,2,7-8H2,(H,18,19)(H,21,24,25). The van der Waals surface area contributed by atoms with Gasteiger partial charge >= 0.3 is 0 Å². The van der Waals surface area contributed by atoms with E-state index in [9.17, 15) is 9.59 Å². The number of nitrogens with zero attached hydrogens (tertiary/aromatic N) is 3. The van der Waals surface area contributed by atoms with Gasteiger partial charge in [0, 0.05) is 48.9 Å². The Morgan fingerprint density at radius 1 is 1.12 bits per heavy atom. The molecule has 2 amide bonds. The van der Waals surface area contributed by atoms with Gasteiger partial charge in [0.05, 0.1) is 11.1 Å². The number of aliphatic hydroxyl groups is 1. The summed E-state index contributed by atoms with van der Waals surface area (Å²) in [4.78, 5) is 36.1. The van der Waals surface area contributed by atoms with Gasteiger partial charge in [-0.15, -0.1) is 0 Å². The molecule has 4 heterocycles. The van der Waals surface area contributed by atoms with Gasteiger partial charge in [-0.25, -0.2) is 9.97 Å². The number of aliphatic hydroxyl groups excluding tert-OH is 1. The Bertz CT molecular complexity index is 1000. The number of imidazole rings is 1. The van der Waals surface area contributed by atoms with E-state index in [1.165, 1.54) is 6.20 Å². The number of hydrogen-bond acceptors (Lipinski definition) is 5. The average Bonchev–Trinajstić information content (AvgIpc) is 3.31. The molecule has 0 bridgehead atoms. The molecule has 0 fully saturated rings. The van der Waals surface area contributed by atoms with Crippen molar-refractivity contribution in [1.29, 1.82) is 0 Å². The van der Waals surface area contributed by atoms with Crippen LogP contribution in [0.1, 0.15) is 17.8 Å². The molecule has 0 unspecified atom stereocenters. The Labute approximate surface area is 142 Å². The van der Waals surface area contributed by atoms with Crippen molar-refractivity contribution in [1.82, 2.24) is 24.8 Å². The molecule has 0 aromatic carbocycles. The zero-order valence-corrected chi connectivity index (χ0v) is 13.2. The molecule has 0 saturated carbocycles. The quantitative estimate of drug-likeness (QED) is 0.594. The molecule has 126 valence electrons. The summed E-state index contributed by atoms with van der Waals surface area (Å²) >= 11 is 0. The summed E-state index contributed by atoms with van der Waals surface area (Å²) in [6.07, 6.45) is 7.16. The van der Waals surface area contributed by atoms with Crippen LogP contribution in [0.5, 0.6) is 0 Å². The maximum Gasteiger partial charge on any atom is 0.262 e. The number of hydrogen-bond donors (Lipinski definition) is 3. The third-order valence-corrected chi connectivity index (χ3v) is 4.13. The fourth-order valence-corrected chi connectivity index (χ4v) is 3.07. The number of nitrogens with one attached hydrogen (secondary N) is 2. The number of aromatic nitrogens is 4. The molecule has 8 nitrogen and oxygen atoms in total. The van der Waals surface area contributed by atoms with Crippen LogP contribution >= 0.6 is 0 Å². The molecule has 4 rings (SSSR count). The number of aromatic amines is 1. The number of H-pyrrole nitrogens is 1. The summed E-state index contributed by atoms with van der Waals surface area (Å²) in [6, 6.07) is 3.64. The smallest absolute Gasteiger partial charge is 0.262 e. The number of carbonyl (C=O) groups excluding carboxylic acids is 2. The minimum Gasteiger partial charge on any atom is -0.396 e. The van der Waals surface area contributed by atoms with Gasteiger partial charge in [0.15, 0.2) is 0 Å². The molecular formula is C17H15N5O3. The van der Waals surface area contributed by atoms with E-state index >= 15 is 0 Å². The Kier molecular flexibility index (Phi) is 3.66. The van der Waals surface area contributed by atoms with Crippen LogP contribution in [0.3, 0.4) is 0 Å². The fourth-order valence-electron chi connectivity index (χ4n) is 3.07. The topological polar surface area (TPSA) is 113 Å². The van der Waals surface area contributed by atoms with E-state index < -0.39 is 11.8 Å². The Morgan fingerprint density at radius 3 is 2.72 bits per heavy atom. The van der Waals surface area contributed by atoms with Crippen LogP contribution in [0.4, 0.5) is 0 Å². The summed E-state index contributed by atoms with van der Waals surface area (Å²) < 4.78 is 1.88. The molecule has 0 atom stereocenters. The van der Waals surface area contributed by atoms with E-state index in [-0.39, 0.29) is 17.8 Å². The van der Waals surface area contributed by atoms with Crippen LogP contribution in [-0.2, 0) is 16.1 Å². The van der Waals surface area contributed by atoms with E-state index in [4.69, 9.17) is 5.11 Å². The van der Waals surface area contributed by atoms with Gasteiger partial charge in [-0.1, -0.05) is 0 Å². The molecular weight excluding hydrogens is 322 g/mol. The van der Waals surface area contributed by atoms with Crippen molar-refractivity contribution in [2.24, 2.45) is 0 Å². The number of imide groups is 1. The van der Waals surface area contributed by atoms with Crippen molar-refractivity contribution in [2.45, 2.75) is 13.0 Å². The highest BCUT2D eigenvalue weighted by atomic mass is 16.3. The lowest BCUT2D eigenvalue weighted by molar-refractivity contribution is -0.122. The highest BCUT2D eigenvalue weighted by Crippen LogP contribution is 2.34. The predicted octanol–water partition coefficient (Wildman–Crippen LogP) is 0.709. The summed E-state index contributed by atoms with van der Waals surface area (Å²) in [7, 11) is 0. The van der Waals surface area contributed by atoms with Crippen LogP contribution in [0.25, 0.3) is 22.2 Å². The maximum absolute atomic E-state index is 12.5. The van der Waals surface area contributed by atoms with E-state index in [2.05, 4.69) is 20.3 Å². The van der Waals surface area contributed by atoms with E-state index in [0.29, 0.717) is 30.0 Å². The molecule has 3 N–H and O–H groups in total. The van der Waals surface area contributed by atoms with Crippen LogP contribution < -0.4 is 5.32 Å². The normalized spacial score (nSPS) is 14.6. The molecule has 25 heavy (non-hydrogen) atoms. The van der Waals surface area contributed by atoms with Crippen molar-refractivity contribution < 1.29 is 14.7 Å². The number of fused-ring (bicyclic) bond motifs is 1. The third kappa shape index (κ3) is 2.43. The van der Waals surface area contributed by atoms with Crippen LogP contribution in [0.2, 0.25) is 0 Å². The molecule has 3 aromatic rings. The second-order valence-electron chi connectivity index (χ2n) is 5.66. The molecule has 1 aliphatic rings. The minimum absolute atomic E-state index is 0.0567. The van der Waals surface area contributed by atoms with Gasteiger partial charge in [0.2, 0.25) is 0 Å². The van der Waals surface area contributed by atoms with Gasteiger partial charge in [-0.2, -0.15) is 0 Å². The summed E-state index contributed by atoms with van der Waals surface area (Å²) in [6.45, 7) is 0.615. The van der Waals surface area contributed by atoms with Crippen molar-refractivity contribution in [2.75, 3.05) is 6.61 Å². The molecule has 8 heteroatoms. The van der Waals surface area contributed by atoms with Gasteiger partial charge < -0.3 is 14.7 Å². The van der Waals surface area contributed by atoms with Crippen molar-refractivity contribution in [3.63, 3.8) is 0 Å². The molecule has 0 saturated heterocycles. The second kappa shape index (κ2) is 5.99. The maximum atomic E-state index is 12.5. The monoisotopic (exact) mass is 337 g/mol. The van der Waals surface area contributed by atoms with Crippen molar-refractivity contribution in [3.05, 3.63) is 48.3 Å². The van der Waals surface area contributed by atoms with Crippen LogP contribution in [0, 0.1) is 0 Å². The number of aryl methyl sites for hydroxylation is 1. The molecule has 3 aromatic heterocycles. The summed E-state index contributed by atoms with van der Waals surface area (Å²) in [5.74, 6) is -0.588. The number of amides is 2. The lowest BCUT2D eigenvalue weighted by Crippen LogP contribution is -2.22. The summed E-state index contributed by atoms with van der Waals surface area (Å²) in [5.41, 5.74) is 1.82. The van der Waals surface area contributed by atoms with E-state index in [1.54, 1.807) is 24.7 Å². The number of rotatable bonds is 5. The average molecular weight is 337 g/mol.